The monoisotopic (exact) mass is 363 g/mol. The minimum atomic E-state index is -0.278. The highest BCUT2D eigenvalue weighted by atomic mass is 16.5. The molecule has 144 valence electrons. The topological polar surface area (TPSA) is 68.2 Å². The van der Waals surface area contributed by atoms with E-state index in [0.717, 1.165) is 18.4 Å². The minimum absolute atomic E-state index is 0.0271. The molecule has 2 fully saturated rings. The first-order valence-electron chi connectivity index (χ1n) is 9.30. The van der Waals surface area contributed by atoms with Crippen molar-refractivity contribution in [2.45, 2.75) is 31.7 Å². The van der Waals surface area contributed by atoms with E-state index in [9.17, 15) is 9.90 Å². The third kappa shape index (κ3) is 4.03. The molecule has 6 heteroatoms. The molecule has 1 heterocycles. The van der Waals surface area contributed by atoms with Crippen LogP contribution in [-0.4, -0.2) is 62.2 Å². The number of fused-ring (bicyclic) bond motifs is 1. The molecule has 6 nitrogen and oxygen atoms in total. The highest BCUT2D eigenvalue weighted by Crippen LogP contribution is 2.42. The van der Waals surface area contributed by atoms with Gasteiger partial charge in [0, 0.05) is 32.7 Å². The number of methoxy groups -OCH3 is 2. The predicted octanol–water partition coefficient (Wildman–Crippen LogP) is 2.30. The van der Waals surface area contributed by atoms with Crippen molar-refractivity contribution in [2.75, 3.05) is 33.9 Å². The van der Waals surface area contributed by atoms with Crippen molar-refractivity contribution in [1.82, 2.24) is 4.90 Å². The molecule has 0 radical (unpaired) electrons. The van der Waals surface area contributed by atoms with Gasteiger partial charge in [-0.3, -0.25) is 0 Å². The molecule has 1 aliphatic heterocycles. The highest BCUT2D eigenvalue weighted by Gasteiger charge is 2.47. The van der Waals surface area contributed by atoms with Crippen LogP contribution in [0.4, 0.5) is 4.79 Å². The third-order valence-corrected chi connectivity index (χ3v) is 5.89. The molecular formula is C20H29NO5. The number of amides is 1. The van der Waals surface area contributed by atoms with E-state index >= 15 is 0 Å². The van der Waals surface area contributed by atoms with Gasteiger partial charge in [0.15, 0.2) is 0 Å². The Bertz CT molecular complexity index is 581. The van der Waals surface area contributed by atoms with E-state index in [-0.39, 0.29) is 36.7 Å². The Labute approximate surface area is 155 Å². The third-order valence-electron chi connectivity index (χ3n) is 5.89. The standard InChI is InChI=1S/C20H29NO5/c1-24-19-17(12-22)16-8-9-21(20(23)25-2)11-15(16)10-18(19)26-13-14-6-4-3-5-7-14/h3-7,15-19,22H,8-13H2,1-2H3/t15-,16+,17+,18-,19-/m1/s1. The number of aliphatic hydroxyl groups excluding tert-OH is 1. The SMILES string of the molecule is COC(=O)N1CC[C@H]2[C@H](C[C@@H](OCc3ccccc3)[C@H](OC)[C@H]2CO)C1. The van der Waals surface area contributed by atoms with Gasteiger partial charge in [0.1, 0.15) is 0 Å². The molecule has 0 unspecified atom stereocenters. The summed E-state index contributed by atoms with van der Waals surface area (Å²) < 4.78 is 16.8. The fourth-order valence-corrected chi connectivity index (χ4v) is 4.62. The lowest BCUT2D eigenvalue weighted by atomic mass is 9.66. The van der Waals surface area contributed by atoms with Crippen LogP contribution < -0.4 is 0 Å². The maximum atomic E-state index is 11.9. The molecule has 0 aromatic heterocycles. The van der Waals surface area contributed by atoms with Crippen molar-refractivity contribution < 1.29 is 24.1 Å². The Kier molecular flexibility index (Phi) is 6.51. The number of piperidine rings is 1. The van der Waals surface area contributed by atoms with Gasteiger partial charge in [-0.1, -0.05) is 30.3 Å². The number of carbonyl (C=O) groups is 1. The molecule has 1 saturated carbocycles. The van der Waals surface area contributed by atoms with Crippen molar-refractivity contribution in [1.29, 1.82) is 0 Å². The maximum Gasteiger partial charge on any atom is 0.409 e. The molecule has 0 bridgehead atoms. The van der Waals surface area contributed by atoms with E-state index in [1.165, 1.54) is 7.11 Å². The Morgan fingerprint density at radius 1 is 1.27 bits per heavy atom. The first-order valence-corrected chi connectivity index (χ1v) is 9.30. The van der Waals surface area contributed by atoms with Crippen LogP contribution in [0.15, 0.2) is 30.3 Å². The van der Waals surface area contributed by atoms with Crippen LogP contribution in [0.5, 0.6) is 0 Å². The first-order chi connectivity index (χ1) is 12.7. The lowest BCUT2D eigenvalue weighted by Gasteiger charge is -2.49. The van der Waals surface area contributed by atoms with E-state index in [4.69, 9.17) is 14.2 Å². The summed E-state index contributed by atoms with van der Waals surface area (Å²) in [5.74, 6) is 0.647. The van der Waals surface area contributed by atoms with Gasteiger partial charge in [0.05, 0.1) is 25.9 Å². The first kappa shape index (κ1) is 19.1. The van der Waals surface area contributed by atoms with E-state index < -0.39 is 0 Å². The second-order valence-electron chi connectivity index (χ2n) is 7.25. The predicted molar refractivity (Wildman–Crippen MR) is 96.6 cm³/mol. The summed E-state index contributed by atoms with van der Waals surface area (Å²) in [7, 11) is 3.11. The smallest absolute Gasteiger partial charge is 0.409 e. The number of hydrogen-bond donors (Lipinski definition) is 1. The Morgan fingerprint density at radius 3 is 2.69 bits per heavy atom. The lowest BCUT2D eigenvalue weighted by molar-refractivity contribution is -0.157. The van der Waals surface area contributed by atoms with E-state index in [2.05, 4.69) is 0 Å². The van der Waals surface area contributed by atoms with Gasteiger partial charge in [0.25, 0.3) is 0 Å². The summed E-state index contributed by atoms with van der Waals surface area (Å²) in [6.45, 7) is 1.90. The van der Waals surface area contributed by atoms with Crippen LogP contribution in [0.3, 0.4) is 0 Å². The summed E-state index contributed by atoms with van der Waals surface area (Å²) >= 11 is 0. The maximum absolute atomic E-state index is 11.9. The van der Waals surface area contributed by atoms with Crippen molar-refractivity contribution in [3.05, 3.63) is 35.9 Å². The molecule has 0 spiro atoms. The van der Waals surface area contributed by atoms with Gasteiger partial charge in [0.2, 0.25) is 0 Å². The number of ether oxygens (including phenoxy) is 3. The van der Waals surface area contributed by atoms with Crippen LogP contribution in [-0.2, 0) is 20.8 Å². The molecule has 1 aromatic rings. The van der Waals surface area contributed by atoms with Crippen LogP contribution >= 0.6 is 0 Å². The van der Waals surface area contributed by atoms with Gasteiger partial charge < -0.3 is 24.2 Å². The molecule has 2 aliphatic rings. The Morgan fingerprint density at radius 2 is 2.04 bits per heavy atom. The van der Waals surface area contributed by atoms with Gasteiger partial charge in [-0.25, -0.2) is 4.79 Å². The minimum Gasteiger partial charge on any atom is -0.453 e. The van der Waals surface area contributed by atoms with Crippen LogP contribution in [0.2, 0.25) is 0 Å². The largest absolute Gasteiger partial charge is 0.453 e. The van der Waals surface area contributed by atoms with Gasteiger partial charge in [-0.2, -0.15) is 0 Å². The zero-order valence-electron chi connectivity index (χ0n) is 15.5. The fraction of sp³-hybridized carbons (Fsp3) is 0.650. The molecule has 1 N–H and O–H groups in total. The normalized spacial score (nSPS) is 31.3. The number of carbonyl (C=O) groups excluding carboxylic acids is 1. The number of likely N-dealkylation sites (tertiary alicyclic amines) is 1. The Balaban J connectivity index is 1.71. The summed E-state index contributed by atoms with van der Waals surface area (Å²) in [4.78, 5) is 13.7. The summed E-state index contributed by atoms with van der Waals surface area (Å²) in [5.41, 5.74) is 1.12. The Hall–Kier alpha value is -1.63. The van der Waals surface area contributed by atoms with Gasteiger partial charge in [-0.05, 0) is 30.2 Å². The molecular weight excluding hydrogens is 334 g/mol. The quantitative estimate of drug-likeness (QED) is 0.869. The average molecular weight is 363 g/mol. The van der Waals surface area contributed by atoms with Crippen molar-refractivity contribution in [2.24, 2.45) is 17.8 Å². The second kappa shape index (κ2) is 8.84. The summed E-state index contributed by atoms with van der Waals surface area (Å²) in [6.07, 6.45) is 1.17. The van der Waals surface area contributed by atoms with E-state index in [1.807, 2.05) is 30.3 Å². The fourth-order valence-electron chi connectivity index (χ4n) is 4.62. The van der Waals surface area contributed by atoms with Gasteiger partial charge in [-0.15, -0.1) is 0 Å². The van der Waals surface area contributed by atoms with Crippen LogP contribution in [0.25, 0.3) is 0 Å². The number of benzene rings is 1. The average Bonchev–Trinajstić information content (AvgIpc) is 2.70. The molecule has 1 amide bonds. The summed E-state index contributed by atoms with van der Waals surface area (Å²) in [6, 6.07) is 10.1. The van der Waals surface area contributed by atoms with E-state index in [0.29, 0.717) is 25.6 Å². The van der Waals surface area contributed by atoms with E-state index in [1.54, 1.807) is 12.0 Å². The molecule has 3 rings (SSSR count). The number of rotatable bonds is 5. The van der Waals surface area contributed by atoms with Gasteiger partial charge >= 0.3 is 6.09 Å². The van der Waals surface area contributed by atoms with Crippen LogP contribution in [0, 0.1) is 17.8 Å². The van der Waals surface area contributed by atoms with Crippen molar-refractivity contribution in [3.8, 4) is 0 Å². The lowest BCUT2D eigenvalue weighted by Crippen LogP contribution is -2.56. The zero-order chi connectivity index (χ0) is 18.5. The summed E-state index contributed by atoms with van der Waals surface area (Å²) in [5, 5.41) is 10.0. The zero-order valence-corrected chi connectivity index (χ0v) is 15.5. The molecule has 1 saturated heterocycles. The van der Waals surface area contributed by atoms with Crippen LogP contribution in [0.1, 0.15) is 18.4 Å². The molecule has 26 heavy (non-hydrogen) atoms. The van der Waals surface area contributed by atoms with Crippen molar-refractivity contribution >= 4 is 6.09 Å². The molecule has 1 aromatic carbocycles. The highest BCUT2D eigenvalue weighted by molar-refractivity contribution is 5.67. The number of hydrogen-bond acceptors (Lipinski definition) is 5. The molecule has 5 atom stereocenters. The molecule has 1 aliphatic carbocycles. The number of aliphatic hydroxyl groups is 1. The second-order valence-corrected chi connectivity index (χ2v) is 7.25. The number of nitrogens with zero attached hydrogens (tertiary/aromatic N) is 1. The van der Waals surface area contributed by atoms with Crippen molar-refractivity contribution in [3.63, 3.8) is 0 Å².